The molecule has 1 spiro atoms. The minimum Gasteiger partial charge on any atom is -0.511 e. The van der Waals surface area contributed by atoms with Crippen LogP contribution in [0, 0.1) is 10.8 Å². The van der Waals surface area contributed by atoms with E-state index in [4.69, 9.17) is 14.9 Å². The molecule has 0 unspecified atom stereocenters. The standard InChI is InChI=1S/C26H33N5O4S/c1-16(18-8-6-13-31(18)2)34-20-15-21(35-25-28-12-14-36-25)30-24(29-20)22(27)17-7-5-11-26(23(17)33)10-4-3-9-19(26)32/h12,14-16,18,27,33H,3-11,13H2,1-2H3/t16-,18-,26+/m0/s1. The Morgan fingerprint density at radius 3 is 2.75 bits per heavy atom. The van der Waals surface area contributed by atoms with Crippen molar-refractivity contribution in [3.63, 3.8) is 0 Å². The van der Waals surface area contributed by atoms with Crippen LogP contribution in [0.2, 0.25) is 0 Å². The number of aliphatic hydroxyl groups is 1. The van der Waals surface area contributed by atoms with Crippen molar-refractivity contribution in [2.75, 3.05) is 13.6 Å². The quantitative estimate of drug-likeness (QED) is 0.494. The van der Waals surface area contributed by atoms with E-state index >= 15 is 0 Å². The van der Waals surface area contributed by atoms with Crippen LogP contribution in [-0.4, -0.2) is 62.2 Å². The van der Waals surface area contributed by atoms with Gasteiger partial charge in [0.15, 0.2) is 5.82 Å². The molecule has 0 amide bonds. The maximum Gasteiger partial charge on any atom is 0.279 e. The Morgan fingerprint density at radius 2 is 2.03 bits per heavy atom. The molecule has 192 valence electrons. The van der Waals surface area contributed by atoms with Crippen LogP contribution in [0.25, 0.3) is 0 Å². The normalized spacial score (nSPS) is 25.8. The number of ether oxygens (including phenoxy) is 2. The predicted octanol–water partition coefficient (Wildman–Crippen LogP) is 5.08. The van der Waals surface area contributed by atoms with E-state index in [1.807, 2.05) is 6.92 Å². The SMILES string of the molecule is C[C@H](Oc1cc(Oc2nccs2)nc(C(=N)C2=C(O)[C@]3(CCCCC3=O)CCC2)n1)[C@@H]1CCCN1C. The first kappa shape index (κ1) is 24.8. The van der Waals surface area contributed by atoms with Crippen molar-refractivity contribution in [2.24, 2.45) is 5.41 Å². The van der Waals surface area contributed by atoms with Crippen LogP contribution in [0.4, 0.5) is 0 Å². The second-order valence-corrected chi connectivity index (χ2v) is 10.9. The summed E-state index contributed by atoms with van der Waals surface area (Å²) in [5.41, 5.74) is -0.420. The summed E-state index contributed by atoms with van der Waals surface area (Å²) in [6, 6.07) is 1.89. The van der Waals surface area contributed by atoms with Gasteiger partial charge in [-0.25, -0.2) is 4.98 Å². The molecular weight excluding hydrogens is 478 g/mol. The molecule has 3 atom stereocenters. The highest BCUT2D eigenvalue weighted by Crippen LogP contribution is 2.48. The van der Waals surface area contributed by atoms with Gasteiger partial charge in [0, 0.05) is 29.6 Å². The molecule has 2 aromatic heterocycles. The second kappa shape index (κ2) is 10.3. The van der Waals surface area contributed by atoms with Crippen molar-refractivity contribution in [1.82, 2.24) is 19.9 Å². The number of aliphatic hydroxyl groups excluding tert-OH is 1. The lowest BCUT2D eigenvalue weighted by molar-refractivity contribution is -0.131. The van der Waals surface area contributed by atoms with Gasteiger partial charge >= 0.3 is 0 Å². The summed E-state index contributed by atoms with van der Waals surface area (Å²) >= 11 is 1.33. The lowest BCUT2D eigenvalue weighted by Gasteiger charge is -2.39. The molecule has 1 saturated carbocycles. The molecule has 1 aliphatic heterocycles. The molecule has 0 bridgehead atoms. The Labute approximate surface area is 215 Å². The number of aromatic nitrogens is 3. The maximum atomic E-state index is 12.9. The molecule has 3 aliphatic rings. The Hall–Kier alpha value is -2.85. The van der Waals surface area contributed by atoms with Gasteiger partial charge < -0.3 is 14.6 Å². The van der Waals surface area contributed by atoms with E-state index in [1.165, 1.54) is 11.3 Å². The van der Waals surface area contributed by atoms with E-state index in [0.29, 0.717) is 42.3 Å². The monoisotopic (exact) mass is 511 g/mol. The minimum atomic E-state index is -0.867. The number of nitrogens with zero attached hydrogens (tertiary/aromatic N) is 4. The molecule has 0 aromatic carbocycles. The molecule has 9 nitrogen and oxygen atoms in total. The summed E-state index contributed by atoms with van der Waals surface area (Å²) in [5.74, 6) is 0.746. The third-order valence-electron chi connectivity index (χ3n) is 7.79. The fourth-order valence-corrected chi connectivity index (χ4v) is 6.35. The number of thiazole rings is 1. The molecular formula is C26H33N5O4S. The lowest BCUT2D eigenvalue weighted by atomic mass is 9.64. The van der Waals surface area contributed by atoms with Gasteiger partial charge in [0.2, 0.25) is 11.8 Å². The fraction of sp³-hybridized carbons (Fsp3) is 0.577. The molecule has 5 rings (SSSR count). The largest absolute Gasteiger partial charge is 0.511 e. The average molecular weight is 512 g/mol. The lowest BCUT2D eigenvalue weighted by Crippen LogP contribution is -2.39. The molecule has 2 aromatic rings. The van der Waals surface area contributed by atoms with Crippen LogP contribution in [0.3, 0.4) is 0 Å². The number of allylic oxidation sites excluding steroid dienone is 2. The smallest absolute Gasteiger partial charge is 0.279 e. The van der Waals surface area contributed by atoms with Crippen LogP contribution >= 0.6 is 11.3 Å². The topological polar surface area (TPSA) is 122 Å². The first-order chi connectivity index (χ1) is 17.4. The molecule has 2 aliphatic carbocycles. The fourth-order valence-electron chi connectivity index (χ4n) is 5.85. The van der Waals surface area contributed by atoms with Crippen molar-refractivity contribution in [3.8, 4) is 17.0 Å². The van der Waals surface area contributed by atoms with Crippen molar-refractivity contribution < 1.29 is 19.4 Å². The van der Waals surface area contributed by atoms with E-state index in [9.17, 15) is 9.90 Å². The molecule has 0 radical (unpaired) electrons. The Balaban J connectivity index is 1.48. The van der Waals surface area contributed by atoms with Crippen molar-refractivity contribution >= 4 is 22.8 Å². The summed E-state index contributed by atoms with van der Waals surface area (Å²) < 4.78 is 12.1. The third kappa shape index (κ3) is 4.76. The van der Waals surface area contributed by atoms with Gasteiger partial charge in [-0.05, 0) is 65.5 Å². The van der Waals surface area contributed by atoms with Crippen LogP contribution < -0.4 is 9.47 Å². The van der Waals surface area contributed by atoms with E-state index in [-0.39, 0.29) is 41.1 Å². The average Bonchev–Trinajstić information content (AvgIpc) is 3.53. The Bertz CT molecular complexity index is 1170. The van der Waals surface area contributed by atoms with E-state index in [1.54, 1.807) is 17.6 Å². The van der Waals surface area contributed by atoms with Gasteiger partial charge in [-0.1, -0.05) is 17.8 Å². The van der Waals surface area contributed by atoms with Crippen LogP contribution in [0.1, 0.15) is 70.5 Å². The first-order valence-corrected chi connectivity index (χ1v) is 13.6. The molecule has 2 fully saturated rings. The molecule has 10 heteroatoms. The van der Waals surface area contributed by atoms with Crippen LogP contribution in [-0.2, 0) is 4.79 Å². The maximum absolute atomic E-state index is 12.9. The second-order valence-electron chi connectivity index (χ2n) is 10.0. The number of rotatable bonds is 7. The summed E-state index contributed by atoms with van der Waals surface area (Å²) in [4.78, 5) is 28.4. The highest BCUT2D eigenvalue weighted by Gasteiger charge is 2.47. The highest BCUT2D eigenvalue weighted by atomic mass is 32.1. The van der Waals surface area contributed by atoms with Gasteiger partial charge in [0.1, 0.15) is 23.4 Å². The number of hydrogen-bond acceptors (Lipinski definition) is 10. The molecule has 36 heavy (non-hydrogen) atoms. The van der Waals surface area contributed by atoms with Gasteiger partial charge in [-0.2, -0.15) is 9.97 Å². The minimum absolute atomic E-state index is 0.00465. The number of likely N-dealkylation sites (N-methyl/N-ethyl adjacent to an activating group) is 1. The Kier molecular flexibility index (Phi) is 7.07. The van der Waals surface area contributed by atoms with E-state index < -0.39 is 5.41 Å². The number of ketones is 1. The highest BCUT2D eigenvalue weighted by molar-refractivity contribution is 7.11. The molecule has 1 saturated heterocycles. The van der Waals surface area contributed by atoms with Crippen LogP contribution in [0.15, 0.2) is 29.0 Å². The number of Topliss-reactive ketones (excluding diaryl/α,β-unsaturated/α-hetero) is 1. The number of likely N-dealkylation sites (tertiary alicyclic amines) is 1. The number of carbonyl (C=O) groups is 1. The summed E-state index contributed by atoms with van der Waals surface area (Å²) in [6.07, 6.45) is 8.42. The predicted molar refractivity (Wildman–Crippen MR) is 136 cm³/mol. The van der Waals surface area contributed by atoms with Gasteiger partial charge in [-0.3, -0.25) is 15.1 Å². The number of hydrogen-bond donors (Lipinski definition) is 2. The van der Waals surface area contributed by atoms with Gasteiger partial charge in [0.25, 0.3) is 5.19 Å². The zero-order valence-electron chi connectivity index (χ0n) is 20.8. The summed E-state index contributed by atoms with van der Waals surface area (Å²) in [5, 5.41) is 22.5. The van der Waals surface area contributed by atoms with Crippen molar-refractivity contribution in [3.05, 3.63) is 34.8 Å². The zero-order valence-corrected chi connectivity index (χ0v) is 21.6. The van der Waals surface area contributed by atoms with E-state index in [0.717, 1.165) is 38.6 Å². The first-order valence-electron chi connectivity index (χ1n) is 12.8. The van der Waals surface area contributed by atoms with Crippen molar-refractivity contribution in [1.29, 1.82) is 5.41 Å². The van der Waals surface area contributed by atoms with Crippen molar-refractivity contribution in [2.45, 2.75) is 76.9 Å². The Morgan fingerprint density at radius 1 is 1.22 bits per heavy atom. The third-order valence-corrected chi connectivity index (χ3v) is 8.44. The molecule has 2 N–H and O–H groups in total. The number of nitrogens with one attached hydrogen (secondary N) is 1. The van der Waals surface area contributed by atoms with E-state index in [2.05, 4.69) is 26.9 Å². The van der Waals surface area contributed by atoms with Crippen LogP contribution in [0.5, 0.6) is 17.0 Å². The van der Waals surface area contributed by atoms with Gasteiger partial charge in [0.05, 0.1) is 11.5 Å². The number of carbonyl (C=O) groups excluding carboxylic acids is 1. The summed E-state index contributed by atoms with van der Waals surface area (Å²) in [7, 11) is 2.09. The van der Waals surface area contributed by atoms with Gasteiger partial charge in [-0.15, -0.1) is 0 Å². The summed E-state index contributed by atoms with van der Waals surface area (Å²) in [6.45, 7) is 3.05. The molecule has 3 heterocycles. The zero-order chi connectivity index (χ0) is 25.3.